The molecule has 0 amide bonds. The van der Waals surface area contributed by atoms with Crippen LogP contribution < -0.4 is 0 Å². The summed E-state index contributed by atoms with van der Waals surface area (Å²) in [5.41, 5.74) is 1.11. The summed E-state index contributed by atoms with van der Waals surface area (Å²) in [6.07, 6.45) is 0. The molecule has 0 unspecified atom stereocenters. The zero-order valence-corrected chi connectivity index (χ0v) is 9.31. The van der Waals surface area contributed by atoms with Gasteiger partial charge in [0.15, 0.2) is 5.75 Å². The fourth-order valence-corrected chi connectivity index (χ4v) is 1.64. The summed E-state index contributed by atoms with van der Waals surface area (Å²) < 4.78 is 9.45. The summed E-state index contributed by atoms with van der Waals surface area (Å²) in [6, 6.07) is 5.10. The van der Waals surface area contributed by atoms with Crippen LogP contribution in [0.3, 0.4) is 0 Å². The molecule has 1 N–H and O–H groups in total. The minimum atomic E-state index is -1.07. The van der Waals surface area contributed by atoms with Crippen LogP contribution in [-0.4, -0.2) is 24.0 Å². The van der Waals surface area contributed by atoms with Crippen molar-refractivity contribution in [2.45, 2.75) is 6.92 Å². The van der Waals surface area contributed by atoms with Gasteiger partial charge in [0.25, 0.3) is 0 Å². The average Bonchev–Trinajstić information content (AvgIpc) is 2.66. The molecule has 1 heterocycles. The largest absolute Gasteiger partial charge is 0.504 e. The van der Waals surface area contributed by atoms with Gasteiger partial charge in [0.1, 0.15) is 5.58 Å². The van der Waals surface area contributed by atoms with Gasteiger partial charge in [-0.25, -0.2) is 4.79 Å². The lowest BCUT2D eigenvalue weighted by Gasteiger charge is -1.95. The second kappa shape index (κ2) is 3.93. The highest BCUT2D eigenvalue weighted by molar-refractivity contribution is 6.41. The highest BCUT2D eigenvalue weighted by Gasteiger charge is 2.27. The number of hydrogen-bond acceptors (Lipinski definition) is 5. The van der Waals surface area contributed by atoms with Gasteiger partial charge in [-0.2, -0.15) is 0 Å². The van der Waals surface area contributed by atoms with E-state index in [0.717, 1.165) is 12.7 Å². The first-order valence-electron chi connectivity index (χ1n) is 4.90. The molecule has 0 aliphatic rings. The molecule has 5 heteroatoms. The zero-order valence-electron chi connectivity index (χ0n) is 9.31. The number of furan rings is 1. The van der Waals surface area contributed by atoms with E-state index >= 15 is 0 Å². The number of methoxy groups -OCH3 is 1. The normalized spacial score (nSPS) is 10.5. The van der Waals surface area contributed by atoms with Crippen LogP contribution in [0.4, 0.5) is 0 Å². The van der Waals surface area contributed by atoms with Crippen molar-refractivity contribution in [2.75, 3.05) is 7.11 Å². The van der Waals surface area contributed by atoms with Gasteiger partial charge in [-0.15, -0.1) is 0 Å². The van der Waals surface area contributed by atoms with E-state index in [0.29, 0.717) is 11.0 Å². The highest BCUT2D eigenvalue weighted by Crippen LogP contribution is 2.34. The first-order valence-corrected chi connectivity index (χ1v) is 4.90. The molecule has 0 radical (unpaired) electrons. The number of ether oxygens (including phenoxy) is 1. The molecule has 2 rings (SSSR count). The van der Waals surface area contributed by atoms with E-state index in [4.69, 9.17) is 4.42 Å². The van der Waals surface area contributed by atoms with Crippen LogP contribution in [0.2, 0.25) is 0 Å². The molecule has 0 saturated heterocycles. The number of carbonyl (C=O) groups excluding carboxylic acids is 2. The molecule has 1 aromatic carbocycles. The molecule has 0 fully saturated rings. The Morgan fingerprint density at radius 3 is 2.65 bits per heavy atom. The molecule has 2 aromatic rings. The van der Waals surface area contributed by atoms with Crippen molar-refractivity contribution in [3.05, 3.63) is 29.5 Å². The van der Waals surface area contributed by atoms with E-state index in [9.17, 15) is 14.7 Å². The summed E-state index contributed by atoms with van der Waals surface area (Å²) in [5, 5.41) is 10.3. The number of aromatic hydroxyl groups is 1. The number of carbonyl (C=O) groups is 2. The molecular weight excluding hydrogens is 224 g/mol. The first kappa shape index (κ1) is 11.2. The van der Waals surface area contributed by atoms with E-state index in [2.05, 4.69) is 4.74 Å². The molecule has 0 aliphatic heterocycles. The Kier molecular flexibility index (Phi) is 2.59. The van der Waals surface area contributed by atoms with Crippen molar-refractivity contribution in [1.82, 2.24) is 0 Å². The quantitative estimate of drug-likeness (QED) is 0.487. The topological polar surface area (TPSA) is 76.7 Å². The van der Waals surface area contributed by atoms with Crippen molar-refractivity contribution < 1.29 is 23.8 Å². The molecule has 0 aliphatic carbocycles. The lowest BCUT2D eigenvalue weighted by atomic mass is 10.1. The summed E-state index contributed by atoms with van der Waals surface area (Å²) in [4.78, 5) is 22.6. The average molecular weight is 234 g/mol. The Labute approximate surface area is 96.6 Å². The summed E-state index contributed by atoms with van der Waals surface area (Å²) in [7, 11) is 1.09. The highest BCUT2D eigenvalue weighted by atomic mass is 16.5. The molecule has 17 heavy (non-hydrogen) atoms. The summed E-state index contributed by atoms with van der Waals surface area (Å²) in [5.74, 6) is -2.78. The third-order valence-electron chi connectivity index (χ3n) is 2.48. The number of hydrogen-bond donors (Lipinski definition) is 1. The fraction of sp³-hybridized carbons (Fsp3) is 0.167. The van der Waals surface area contributed by atoms with Crippen LogP contribution in [0, 0.1) is 6.92 Å². The molecule has 5 nitrogen and oxygen atoms in total. The van der Waals surface area contributed by atoms with E-state index < -0.39 is 11.8 Å². The Hall–Kier alpha value is -2.30. The van der Waals surface area contributed by atoms with E-state index in [1.165, 1.54) is 0 Å². The second-order valence-electron chi connectivity index (χ2n) is 3.55. The Morgan fingerprint density at radius 1 is 1.35 bits per heavy atom. The lowest BCUT2D eigenvalue weighted by Crippen LogP contribution is -2.14. The van der Waals surface area contributed by atoms with Gasteiger partial charge in [-0.3, -0.25) is 4.79 Å². The number of benzene rings is 1. The van der Waals surface area contributed by atoms with E-state index in [-0.39, 0.29) is 11.5 Å². The molecule has 0 saturated carbocycles. The Bertz CT molecular complexity index is 609. The molecule has 88 valence electrons. The third-order valence-corrected chi connectivity index (χ3v) is 2.48. The van der Waals surface area contributed by atoms with Gasteiger partial charge in [0, 0.05) is 0 Å². The standard InChI is InChI=1S/C12H10O5/c1-6-4-3-5-7-8(6)9(13)11(17-7)10(14)12(15)16-2/h3-5,13H,1-2H3. The molecular formula is C12H10O5. The summed E-state index contributed by atoms with van der Waals surface area (Å²) >= 11 is 0. The van der Waals surface area contributed by atoms with Crippen LogP contribution in [0.5, 0.6) is 5.75 Å². The van der Waals surface area contributed by atoms with Gasteiger partial charge in [0.2, 0.25) is 5.76 Å². The van der Waals surface area contributed by atoms with Gasteiger partial charge < -0.3 is 14.3 Å². The van der Waals surface area contributed by atoms with Crippen LogP contribution in [-0.2, 0) is 9.53 Å². The maximum absolute atomic E-state index is 11.5. The first-order chi connectivity index (χ1) is 8.06. The van der Waals surface area contributed by atoms with E-state index in [1.54, 1.807) is 25.1 Å². The molecule has 0 bridgehead atoms. The lowest BCUT2D eigenvalue weighted by molar-refractivity contribution is -0.135. The fourth-order valence-electron chi connectivity index (χ4n) is 1.64. The van der Waals surface area contributed by atoms with E-state index in [1.807, 2.05) is 0 Å². The van der Waals surface area contributed by atoms with Crippen molar-refractivity contribution in [2.24, 2.45) is 0 Å². The van der Waals surface area contributed by atoms with Gasteiger partial charge in [-0.05, 0) is 18.6 Å². The van der Waals surface area contributed by atoms with Crippen molar-refractivity contribution in [1.29, 1.82) is 0 Å². The van der Waals surface area contributed by atoms with Crippen LogP contribution in [0.25, 0.3) is 11.0 Å². The second-order valence-corrected chi connectivity index (χ2v) is 3.55. The number of aryl methyl sites for hydroxylation is 1. The van der Waals surface area contributed by atoms with Crippen molar-refractivity contribution >= 4 is 22.7 Å². The third kappa shape index (κ3) is 1.65. The molecule has 0 spiro atoms. The van der Waals surface area contributed by atoms with Crippen molar-refractivity contribution in [3.63, 3.8) is 0 Å². The van der Waals surface area contributed by atoms with Gasteiger partial charge >= 0.3 is 11.8 Å². The molecule has 1 aromatic heterocycles. The maximum atomic E-state index is 11.5. The smallest absolute Gasteiger partial charge is 0.382 e. The SMILES string of the molecule is COC(=O)C(=O)c1oc2cccc(C)c2c1O. The minimum Gasteiger partial charge on any atom is -0.504 e. The monoisotopic (exact) mass is 234 g/mol. The van der Waals surface area contributed by atoms with Crippen molar-refractivity contribution in [3.8, 4) is 5.75 Å². The molecule has 0 atom stereocenters. The summed E-state index contributed by atoms with van der Waals surface area (Å²) in [6.45, 7) is 1.77. The van der Waals surface area contributed by atoms with Crippen LogP contribution in [0.15, 0.2) is 22.6 Å². The number of esters is 1. The van der Waals surface area contributed by atoms with Crippen LogP contribution >= 0.6 is 0 Å². The number of Topliss-reactive ketones (excluding diaryl/α,β-unsaturated/α-hetero) is 1. The number of ketones is 1. The zero-order chi connectivity index (χ0) is 12.6. The Morgan fingerprint density at radius 2 is 2.06 bits per heavy atom. The predicted molar refractivity (Wildman–Crippen MR) is 59.0 cm³/mol. The van der Waals surface area contributed by atoms with Gasteiger partial charge in [0.05, 0.1) is 12.5 Å². The Balaban J connectivity index is 2.65. The maximum Gasteiger partial charge on any atom is 0.382 e. The van der Waals surface area contributed by atoms with Gasteiger partial charge in [-0.1, -0.05) is 12.1 Å². The number of rotatable bonds is 2. The predicted octanol–water partition coefficient (Wildman–Crippen LogP) is 1.80. The van der Waals surface area contributed by atoms with Crippen LogP contribution in [0.1, 0.15) is 16.1 Å². The number of fused-ring (bicyclic) bond motifs is 1. The minimum absolute atomic E-state index is 0.325.